The van der Waals surface area contributed by atoms with E-state index in [-0.39, 0.29) is 12.5 Å². The van der Waals surface area contributed by atoms with Crippen LogP contribution in [0.2, 0.25) is 0 Å². The molecule has 25 heavy (non-hydrogen) atoms. The fourth-order valence-electron chi connectivity index (χ4n) is 2.14. The van der Waals surface area contributed by atoms with E-state index in [9.17, 15) is 9.59 Å². The van der Waals surface area contributed by atoms with Crippen molar-refractivity contribution in [2.75, 3.05) is 13.2 Å². The van der Waals surface area contributed by atoms with Crippen LogP contribution >= 0.6 is 0 Å². The molecule has 130 valence electrons. The van der Waals surface area contributed by atoms with Crippen LogP contribution in [-0.2, 0) is 4.79 Å². The van der Waals surface area contributed by atoms with Crippen LogP contribution in [0.3, 0.4) is 0 Å². The highest BCUT2D eigenvalue weighted by atomic mass is 16.5. The third-order valence-electron chi connectivity index (χ3n) is 3.30. The summed E-state index contributed by atoms with van der Waals surface area (Å²) in [4.78, 5) is 23.7. The van der Waals surface area contributed by atoms with Crippen molar-refractivity contribution in [2.45, 2.75) is 13.8 Å². The number of rotatable bonds is 7. The zero-order chi connectivity index (χ0) is 18.1. The number of nitrogens with zero attached hydrogens (tertiary/aromatic N) is 1. The highest BCUT2D eigenvalue weighted by Gasteiger charge is 2.07. The lowest BCUT2D eigenvalue weighted by molar-refractivity contribution is -0.120. The molecule has 0 saturated carbocycles. The van der Waals surface area contributed by atoms with Gasteiger partial charge in [-0.3, -0.25) is 9.59 Å². The fraction of sp³-hybridized carbons (Fsp3) is 0.211. The Balaban J connectivity index is 1.84. The second-order valence-electron chi connectivity index (χ2n) is 5.32. The molecule has 0 saturated heterocycles. The van der Waals surface area contributed by atoms with Gasteiger partial charge in [0.2, 0.25) is 0 Å². The number of aryl methyl sites for hydroxylation is 1. The molecule has 0 aromatic heterocycles. The second-order valence-corrected chi connectivity index (χ2v) is 5.32. The molecule has 6 heteroatoms. The lowest BCUT2D eigenvalue weighted by atomic mass is 10.1. The van der Waals surface area contributed by atoms with Crippen LogP contribution < -0.4 is 15.5 Å². The molecule has 0 spiro atoms. The SMILES string of the molecule is CCOc1ccccc1/C=N\NC(=O)CNC(=O)c1cccc(C)c1. The van der Waals surface area contributed by atoms with Gasteiger partial charge in [-0.15, -0.1) is 0 Å². The Labute approximate surface area is 146 Å². The number of ether oxygens (including phenoxy) is 1. The molecule has 0 radical (unpaired) electrons. The van der Waals surface area contributed by atoms with Crippen LogP contribution in [0, 0.1) is 6.92 Å². The summed E-state index contributed by atoms with van der Waals surface area (Å²) in [6.45, 7) is 4.18. The molecule has 0 unspecified atom stereocenters. The van der Waals surface area contributed by atoms with E-state index in [1.807, 2.05) is 44.2 Å². The average molecular weight is 339 g/mol. The van der Waals surface area contributed by atoms with E-state index in [1.165, 1.54) is 6.21 Å². The molecule has 0 aliphatic carbocycles. The lowest BCUT2D eigenvalue weighted by Crippen LogP contribution is -2.34. The summed E-state index contributed by atoms with van der Waals surface area (Å²) >= 11 is 0. The van der Waals surface area contributed by atoms with E-state index < -0.39 is 5.91 Å². The number of para-hydroxylation sites is 1. The summed E-state index contributed by atoms with van der Waals surface area (Å²) in [5.41, 5.74) is 4.63. The molecule has 0 heterocycles. The first-order chi connectivity index (χ1) is 12.1. The summed E-state index contributed by atoms with van der Waals surface area (Å²) in [6, 6.07) is 14.5. The molecule has 2 amide bonds. The minimum atomic E-state index is -0.411. The van der Waals surface area contributed by atoms with E-state index in [2.05, 4.69) is 15.8 Å². The summed E-state index contributed by atoms with van der Waals surface area (Å²) in [6.07, 6.45) is 1.51. The minimum absolute atomic E-state index is 0.156. The maximum atomic E-state index is 12.0. The van der Waals surface area contributed by atoms with Gasteiger partial charge in [-0.2, -0.15) is 5.10 Å². The van der Waals surface area contributed by atoms with Gasteiger partial charge in [0.15, 0.2) is 0 Å². The van der Waals surface area contributed by atoms with Crippen LogP contribution in [0.15, 0.2) is 53.6 Å². The lowest BCUT2D eigenvalue weighted by Gasteiger charge is -2.06. The predicted octanol–water partition coefficient (Wildman–Crippen LogP) is 2.27. The zero-order valence-corrected chi connectivity index (χ0v) is 14.3. The van der Waals surface area contributed by atoms with Crippen molar-refractivity contribution >= 4 is 18.0 Å². The van der Waals surface area contributed by atoms with Gasteiger partial charge >= 0.3 is 0 Å². The summed E-state index contributed by atoms with van der Waals surface area (Å²) in [5.74, 6) is -0.0218. The highest BCUT2D eigenvalue weighted by molar-refractivity contribution is 5.96. The smallest absolute Gasteiger partial charge is 0.259 e. The van der Waals surface area contributed by atoms with Crippen molar-refractivity contribution in [1.29, 1.82) is 0 Å². The molecule has 6 nitrogen and oxygen atoms in total. The average Bonchev–Trinajstić information content (AvgIpc) is 2.61. The zero-order valence-electron chi connectivity index (χ0n) is 14.3. The maximum Gasteiger partial charge on any atom is 0.259 e. The Hall–Kier alpha value is -3.15. The van der Waals surface area contributed by atoms with Gasteiger partial charge in [-0.05, 0) is 38.1 Å². The quantitative estimate of drug-likeness (QED) is 0.600. The molecule has 0 fully saturated rings. The molecule has 0 aliphatic heterocycles. The first-order valence-electron chi connectivity index (χ1n) is 7.98. The number of carbonyl (C=O) groups is 2. The molecular weight excluding hydrogens is 318 g/mol. The van der Waals surface area contributed by atoms with E-state index >= 15 is 0 Å². The molecule has 0 atom stereocenters. The first-order valence-corrected chi connectivity index (χ1v) is 7.98. The molecule has 2 rings (SSSR count). The summed E-state index contributed by atoms with van der Waals surface area (Å²) in [7, 11) is 0. The Kier molecular flexibility index (Phi) is 6.71. The molecular formula is C19H21N3O3. The van der Waals surface area contributed by atoms with Crippen LogP contribution in [0.5, 0.6) is 5.75 Å². The number of hydrazone groups is 1. The maximum absolute atomic E-state index is 12.0. The largest absolute Gasteiger partial charge is 0.493 e. The molecule has 2 N–H and O–H groups in total. The van der Waals surface area contributed by atoms with E-state index in [1.54, 1.807) is 18.2 Å². The Morgan fingerprint density at radius 2 is 1.96 bits per heavy atom. The van der Waals surface area contributed by atoms with Gasteiger partial charge in [0.05, 0.1) is 19.4 Å². The molecule has 0 aliphatic rings. The Bertz CT molecular complexity index is 772. The fourth-order valence-corrected chi connectivity index (χ4v) is 2.14. The highest BCUT2D eigenvalue weighted by Crippen LogP contribution is 2.15. The molecule has 2 aromatic carbocycles. The number of hydrogen-bond donors (Lipinski definition) is 2. The first kappa shape index (κ1) is 18.2. The van der Waals surface area contributed by atoms with Gasteiger partial charge in [-0.1, -0.05) is 29.8 Å². The van der Waals surface area contributed by atoms with Crippen molar-refractivity contribution < 1.29 is 14.3 Å². The number of carbonyl (C=O) groups excluding carboxylic acids is 2. The number of hydrogen-bond acceptors (Lipinski definition) is 4. The minimum Gasteiger partial charge on any atom is -0.493 e. The van der Waals surface area contributed by atoms with Gasteiger partial charge in [0, 0.05) is 11.1 Å². The van der Waals surface area contributed by atoms with Crippen LogP contribution in [-0.4, -0.2) is 31.2 Å². The third-order valence-corrected chi connectivity index (χ3v) is 3.30. The number of nitrogens with one attached hydrogen (secondary N) is 2. The van der Waals surface area contributed by atoms with Crippen molar-refractivity contribution in [1.82, 2.24) is 10.7 Å². The third kappa shape index (κ3) is 5.76. The standard InChI is InChI=1S/C19H21N3O3/c1-3-25-17-10-5-4-8-16(17)12-21-22-18(23)13-20-19(24)15-9-6-7-14(2)11-15/h4-12H,3,13H2,1-2H3,(H,20,24)(H,22,23)/b21-12-. The number of amides is 2. The van der Waals surface area contributed by atoms with Crippen LogP contribution in [0.1, 0.15) is 28.4 Å². The Morgan fingerprint density at radius 3 is 2.72 bits per heavy atom. The number of benzene rings is 2. The van der Waals surface area contributed by atoms with Gasteiger partial charge in [0.1, 0.15) is 5.75 Å². The van der Waals surface area contributed by atoms with Crippen molar-refractivity contribution in [3.63, 3.8) is 0 Å². The Morgan fingerprint density at radius 1 is 1.16 bits per heavy atom. The van der Waals surface area contributed by atoms with Crippen LogP contribution in [0.25, 0.3) is 0 Å². The second kappa shape index (κ2) is 9.22. The monoisotopic (exact) mass is 339 g/mol. The van der Waals surface area contributed by atoms with Crippen molar-refractivity contribution in [3.05, 3.63) is 65.2 Å². The van der Waals surface area contributed by atoms with E-state index in [4.69, 9.17) is 4.74 Å². The van der Waals surface area contributed by atoms with Crippen molar-refractivity contribution in [3.8, 4) is 5.75 Å². The molecule has 2 aromatic rings. The summed E-state index contributed by atoms with van der Waals surface area (Å²) in [5, 5.41) is 6.45. The topological polar surface area (TPSA) is 79.8 Å². The van der Waals surface area contributed by atoms with E-state index in [0.717, 1.165) is 11.1 Å². The van der Waals surface area contributed by atoms with E-state index in [0.29, 0.717) is 17.9 Å². The summed E-state index contributed by atoms with van der Waals surface area (Å²) < 4.78 is 5.47. The van der Waals surface area contributed by atoms with Crippen LogP contribution in [0.4, 0.5) is 0 Å². The van der Waals surface area contributed by atoms with Gasteiger partial charge < -0.3 is 10.1 Å². The predicted molar refractivity (Wildman–Crippen MR) is 96.9 cm³/mol. The van der Waals surface area contributed by atoms with Crippen molar-refractivity contribution in [2.24, 2.45) is 5.10 Å². The van der Waals surface area contributed by atoms with Gasteiger partial charge in [-0.25, -0.2) is 5.43 Å². The molecule has 0 bridgehead atoms. The van der Waals surface area contributed by atoms with Gasteiger partial charge in [0.25, 0.3) is 11.8 Å². The normalized spacial score (nSPS) is 10.5.